The van der Waals surface area contributed by atoms with Gasteiger partial charge >= 0.3 is 0 Å². The van der Waals surface area contributed by atoms with E-state index < -0.39 is 62.3 Å². The molecule has 1 aliphatic heterocycles. The minimum absolute atomic E-state index is 0.0850. The summed E-state index contributed by atoms with van der Waals surface area (Å²) in [7, 11) is -3.87. The fraction of sp³-hybridized carbons (Fsp3) is 0.727. The van der Waals surface area contributed by atoms with Gasteiger partial charge in [-0.1, -0.05) is 49.6 Å². The monoisotopic (exact) mass is 650 g/mol. The number of aliphatic hydroxyl groups excluding tert-OH is 2. The molecule has 254 valence electrons. The summed E-state index contributed by atoms with van der Waals surface area (Å²) in [6, 6.07) is 6.42. The van der Waals surface area contributed by atoms with Crippen molar-refractivity contribution in [1.29, 1.82) is 0 Å². The van der Waals surface area contributed by atoms with Crippen LogP contribution in [0.1, 0.15) is 79.2 Å². The van der Waals surface area contributed by atoms with Gasteiger partial charge in [0.25, 0.3) is 0 Å². The van der Waals surface area contributed by atoms with Gasteiger partial charge in [-0.05, 0) is 78.2 Å². The predicted molar refractivity (Wildman–Crippen MR) is 174 cm³/mol. The molecule has 0 spiro atoms. The molecule has 1 aliphatic carbocycles. The van der Waals surface area contributed by atoms with Crippen molar-refractivity contribution in [2.45, 2.75) is 121 Å². The Morgan fingerprint density at radius 3 is 2.11 bits per heavy atom. The van der Waals surface area contributed by atoms with Gasteiger partial charge in [-0.25, -0.2) is 8.42 Å². The number of fused-ring (bicyclic) bond motifs is 1. The number of sulfone groups is 1. The number of hydrogen-bond acceptors (Lipinski definition) is 8. The summed E-state index contributed by atoms with van der Waals surface area (Å²) in [4.78, 5) is 41.9. The van der Waals surface area contributed by atoms with Gasteiger partial charge in [-0.3, -0.25) is 19.3 Å². The number of aliphatic hydroxyl groups is 2. The average molecular weight is 651 g/mol. The first-order chi connectivity index (χ1) is 20.8. The number of carbonyl (C=O) groups excluding carboxylic acids is 3. The number of nitrogens with zero attached hydrogens (tertiary/aromatic N) is 1. The van der Waals surface area contributed by atoms with Crippen LogP contribution < -0.4 is 16.0 Å². The smallest absolute Gasteiger partial charge is 0.249 e. The lowest BCUT2D eigenvalue weighted by Crippen LogP contribution is -2.64. The maximum atomic E-state index is 13.8. The molecule has 0 bridgehead atoms. The Balaban J connectivity index is 1.92. The number of nitrogens with one attached hydrogen (secondary N) is 3. The van der Waals surface area contributed by atoms with E-state index >= 15 is 0 Å². The highest BCUT2D eigenvalue weighted by Crippen LogP contribution is 2.39. The van der Waals surface area contributed by atoms with E-state index in [2.05, 4.69) is 16.0 Å². The molecule has 11 nitrogen and oxygen atoms in total. The van der Waals surface area contributed by atoms with E-state index in [1.807, 2.05) is 56.0 Å². The largest absolute Gasteiger partial charge is 0.390 e. The van der Waals surface area contributed by atoms with Crippen LogP contribution in [-0.4, -0.2) is 101 Å². The summed E-state index contributed by atoms with van der Waals surface area (Å²) < 4.78 is 23.8. The van der Waals surface area contributed by atoms with Gasteiger partial charge in [-0.2, -0.15) is 0 Å². The summed E-state index contributed by atoms with van der Waals surface area (Å²) in [5, 5.41) is 30.0. The van der Waals surface area contributed by atoms with Crippen molar-refractivity contribution in [3.05, 3.63) is 35.9 Å². The van der Waals surface area contributed by atoms with Gasteiger partial charge < -0.3 is 26.2 Å². The van der Waals surface area contributed by atoms with E-state index in [0.717, 1.165) is 37.5 Å². The Kier molecular flexibility index (Phi) is 12.2. The molecule has 1 heterocycles. The van der Waals surface area contributed by atoms with Crippen LogP contribution in [0.5, 0.6) is 0 Å². The maximum absolute atomic E-state index is 13.8. The summed E-state index contributed by atoms with van der Waals surface area (Å²) in [6.07, 6.45) is 3.75. The summed E-state index contributed by atoms with van der Waals surface area (Å²) >= 11 is 0. The molecule has 45 heavy (non-hydrogen) atoms. The number of β-amino-alcohol motifs (C(OH)–C–C–N with tert-alkyl or cyclic N) is 1. The molecule has 2 fully saturated rings. The lowest BCUT2D eigenvalue weighted by atomic mass is 9.72. The van der Waals surface area contributed by atoms with Crippen molar-refractivity contribution in [3.8, 4) is 0 Å². The summed E-state index contributed by atoms with van der Waals surface area (Å²) in [5.74, 6) is -0.915. The lowest BCUT2D eigenvalue weighted by Gasteiger charge is -2.47. The standard InChI is InChI=1S/C33H54N4O7S/c1-21(38)29(40)35-28(33(5,6)45(7,43)44)31(42)34-25(17-22-13-9-8-10-14-22)27(39)20-37-19-24-16-12-11-15-23(24)18-26(37)30(41)36-32(2,3)4/h8-10,13-14,21,23-28,38-39H,11-12,15-20H2,1-7H3,(H,34,42)(H,35,40)(H,36,41). The van der Waals surface area contributed by atoms with E-state index in [4.69, 9.17) is 0 Å². The second kappa shape index (κ2) is 14.9. The van der Waals surface area contributed by atoms with Crippen LogP contribution in [0.2, 0.25) is 0 Å². The van der Waals surface area contributed by atoms with E-state index in [-0.39, 0.29) is 18.9 Å². The molecule has 2 aliphatic rings. The third-order valence-corrected chi connectivity index (χ3v) is 11.5. The first-order valence-electron chi connectivity index (χ1n) is 16.1. The zero-order valence-electron chi connectivity index (χ0n) is 27.9. The fourth-order valence-corrected chi connectivity index (χ4v) is 7.04. The number of likely N-dealkylation sites (tertiary alicyclic amines) is 1. The van der Waals surface area contributed by atoms with Gasteiger partial charge in [0.05, 0.1) is 22.9 Å². The highest BCUT2D eigenvalue weighted by Gasteiger charge is 2.46. The topological polar surface area (TPSA) is 165 Å². The summed E-state index contributed by atoms with van der Waals surface area (Å²) in [6.45, 7) is 10.5. The Hall–Kier alpha value is -2.54. The second-order valence-corrected chi connectivity index (χ2v) is 17.2. The Morgan fingerprint density at radius 2 is 1.56 bits per heavy atom. The van der Waals surface area contributed by atoms with Crippen LogP contribution in [0.25, 0.3) is 0 Å². The van der Waals surface area contributed by atoms with Crippen LogP contribution in [0.3, 0.4) is 0 Å². The van der Waals surface area contributed by atoms with Gasteiger partial charge in [0, 0.05) is 24.9 Å². The molecular weight excluding hydrogens is 596 g/mol. The molecule has 5 N–H and O–H groups in total. The minimum Gasteiger partial charge on any atom is -0.390 e. The summed E-state index contributed by atoms with van der Waals surface area (Å²) in [5.41, 5.74) is 0.411. The van der Waals surface area contributed by atoms with Crippen molar-refractivity contribution in [2.24, 2.45) is 11.8 Å². The van der Waals surface area contributed by atoms with Gasteiger partial charge in [0.15, 0.2) is 9.84 Å². The predicted octanol–water partition coefficient (Wildman–Crippen LogP) is 1.56. The van der Waals surface area contributed by atoms with E-state index in [1.54, 1.807) is 0 Å². The third-order valence-electron chi connectivity index (χ3n) is 9.39. The normalized spacial score (nSPS) is 24.0. The van der Waals surface area contributed by atoms with Crippen molar-refractivity contribution in [2.75, 3.05) is 19.3 Å². The number of carbonyl (C=O) groups is 3. The SMILES string of the molecule is CC(O)C(=O)NC(C(=O)NC(Cc1ccccc1)C(O)CN1CC2CCCCC2CC1C(=O)NC(C)(C)C)C(C)(C)S(C)(=O)=O. The zero-order chi connectivity index (χ0) is 33.7. The van der Waals surface area contributed by atoms with Gasteiger partial charge in [0.2, 0.25) is 17.7 Å². The zero-order valence-corrected chi connectivity index (χ0v) is 28.7. The third kappa shape index (κ3) is 9.97. The highest BCUT2D eigenvalue weighted by molar-refractivity contribution is 7.92. The molecular formula is C33H54N4O7S. The number of piperidine rings is 1. The number of amides is 3. The average Bonchev–Trinajstić information content (AvgIpc) is 2.93. The molecule has 0 radical (unpaired) electrons. The van der Waals surface area contributed by atoms with Crippen LogP contribution in [0.15, 0.2) is 30.3 Å². The molecule has 1 saturated carbocycles. The maximum Gasteiger partial charge on any atom is 0.249 e. The molecule has 0 aromatic heterocycles. The van der Waals surface area contributed by atoms with Crippen molar-refractivity contribution < 1.29 is 33.0 Å². The van der Waals surface area contributed by atoms with Crippen LogP contribution in [0.4, 0.5) is 0 Å². The highest BCUT2D eigenvalue weighted by atomic mass is 32.2. The number of hydrogen-bond donors (Lipinski definition) is 5. The van der Waals surface area contributed by atoms with E-state index in [1.165, 1.54) is 20.8 Å². The van der Waals surface area contributed by atoms with Crippen molar-refractivity contribution >= 4 is 27.6 Å². The molecule has 3 rings (SSSR count). The van der Waals surface area contributed by atoms with Crippen LogP contribution in [0, 0.1) is 11.8 Å². The fourth-order valence-electron chi connectivity index (χ4n) is 6.44. The van der Waals surface area contributed by atoms with Crippen molar-refractivity contribution in [1.82, 2.24) is 20.9 Å². The molecule has 12 heteroatoms. The minimum atomic E-state index is -3.87. The number of rotatable bonds is 12. The first-order valence-corrected chi connectivity index (χ1v) is 18.0. The Morgan fingerprint density at radius 1 is 0.956 bits per heavy atom. The quantitative estimate of drug-likeness (QED) is 0.228. The number of benzene rings is 1. The van der Waals surface area contributed by atoms with Gasteiger partial charge in [-0.15, -0.1) is 0 Å². The van der Waals surface area contributed by atoms with Crippen LogP contribution >= 0.6 is 0 Å². The van der Waals surface area contributed by atoms with Gasteiger partial charge in [0.1, 0.15) is 12.1 Å². The molecule has 1 aromatic rings. The Labute approximate surface area is 268 Å². The molecule has 7 atom stereocenters. The second-order valence-electron chi connectivity index (χ2n) is 14.6. The molecule has 7 unspecified atom stereocenters. The van der Waals surface area contributed by atoms with Crippen molar-refractivity contribution in [3.63, 3.8) is 0 Å². The lowest BCUT2D eigenvalue weighted by molar-refractivity contribution is -0.135. The molecule has 1 saturated heterocycles. The van der Waals surface area contributed by atoms with E-state index in [9.17, 15) is 33.0 Å². The first kappa shape index (κ1) is 36.9. The van der Waals surface area contributed by atoms with Crippen LogP contribution in [-0.2, 0) is 30.6 Å². The van der Waals surface area contributed by atoms with E-state index in [0.29, 0.717) is 24.8 Å². The molecule has 1 aromatic carbocycles. The molecule has 3 amide bonds. The Bertz CT molecular complexity index is 1280.